The number of carbonyl (C=O) groups is 2. The number of nitrogens with zero attached hydrogens (tertiary/aromatic N) is 3. The van der Waals surface area contributed by atoms with Crippen molar-refractivity contribution >= 4 is 23.8 Å². The molecule has 4 rings (SSSR count). The fourth-order valence-electron chi connectivity index (χ4n) is 3.87. The first-order chi connectivity index (χ1) is 18.3. The van der Waals surface area contributed by atoms with E-state index in [1.54, 1.807) is 26.0 Å². The number of hydrogen-bond acceptors (Lipinski definition) is 8. The normalized spacial score (nSPS) is 13.0. The van der Waals surface area contributed by atoms with E-state index in [2.05, 4.69) is 20.8 Å². The van der Waals surface area contributed by atoms with Crippen LogP contribution in [0.4, 0.5) is 16.5 Å². The molecule has 4 aromatic rings. The Morgan fingerprint density at radius 2 is 1.79 bits per heavy atom. The van der Waals surface area contributed by atoms with Gasteiger partial charge >= 0.3 is 12.1 Å². The van der Waals surface area contributed by atoms with E-state index in [-0.39, 0.29) is 23.6 Å². The monoisotopic (exact) mass is 511 g/mol. The zero-order valence-electron chi connectivity index (χ0n) is 20.7. The van der Waals surface area contributed by atoms with Crippen molar-refractivity contribution < 1.29 is 24.0 Å². The number of carboxylic acids is 1. The number of rotatable bonds is 9. The lowest BCUT2D eigenvalue weighted by Crippen LogP contribution is -2.45. The Morgan fingerprint density at radius 1 is 1.11 bits per heavy atom. The van der Waals surface area contributed by atoms with Crippen molar-refractivity contribution in [2.24, 2.45) is 0 Å². The highest BCUT2D eigenvalue weighted by Crippen LogP contribution is 2.32. The fourth-order valence-corrected chi connectivity index (χ4v) is 3.87. The molecule has 0 spiro atoms. The zero-order chi connectivity index (χ0) is 27.1. The molecule has 0 saturated carbocycles. The topological polar surface area (TPSA) is 150 Å². The summed E-state index contributed by atoms with van der Waals surface area (Å²) in [6, 6.07) is 23.6. The summed E-state index contributed by atoms with van der Waals surface area (Å²) in [4.78, 5) is 28.9. The number of ether oxygens (including phenoxy) is 1. The lowest BCUT2D eigenvalue weighted by atomic mass is 9.93. The Bertz CT molecular complexity index is 1450. The van der Waals surface area contributed by atoms with E-state index in [1.807, 2.05) is 66.7 Å². The maximum atomic E-state index is 12.5. The molecule has 1 amide bonds. The van der Waals surface area contributed by atoms with Gasteiger partial charge in [-0.05, 0) is 37.1 Å². The summed E-state index contributed by atoms with van der Waals surface area (Å²) in [6.45, 7) is 3.31. The second kappa shape index (κ2) is 11.3. The maximum Gasteiger partial charge on any atom is 0.414 e. The van der Waals surface area contributed by atoms with E-state index < -0.39 is 23.7 Å². The van der Waals surface area contributed by atoms with Crippen LogP contribution in [0, 0.1) is 11.3 Å². The lowest BCUT2D eigenvalue weighted by molar-refractivity contribution is -0.141. The Labute approximate surface area is 218 Å². The molecule has 0 saturated heterocycles. The van der Waals surface area contributed by atoms with Crippen LogP contribution in [0.1, 0.15) is 36.8 Å². The first-order valence-corrected chi connectivity index (χ1v) is 11.7. The Kier molecular flexibility index (Phi) is 7.68. The van der Waals surface area contributed by atoms with Crippen LogP contribution >= 0.6 is 0 Å². The Morgan fingerprint density at radius 3 is 2.39 bits per heavy atom. The second-order valence-corrected chi connectivity index (χ2v) is 8.79. The number of benzene rings is 2. The molecule has 2 heterocycles. The highest BCUT2D eigenvalue weighted by Gasteiger charge is 2.34. The molecule has 0 bridgehead atoms. The predicted octanol–water partition coefficient (Wildman–Crippen LogP) is 5.42. The quantitative estimate of drug-likeness (QED) is 0.268. The molecule has 0 aliphatic heterocycles. The van der Waals surface area contributed by atoms with Crippen molar-refractivity contribution in [1.82, 2.24) is 10.1 Å². The fraction of sp³-hybridized carbons (Fsp3) is 0.179. The highest BCUT2D eigenvalue weighted by molar-refractivity contribution is 5.90. The molecule has 10 nitrogen and oxygen atoms in total. The number of hydrogen-bond donors (Lipinski definition) is 3. The average molecular weight is 512 g/mol. The summed E-state index contributed by atoms with van der Waals surface area (Å²) in [5.41, 5.74) is 0.941. The number of amides is 1. The van der Waals surface area contributed by atoms with Gasteiger partial charge in [0.2, 0.25) is 5.88 Å². The van der Waals surface area contributed by atoms with Gasteiger partial charge in [0.05, 0.1) is 5.56 Å². The second-order valence-electron chi connectivity index (χ2n) is 8.79. The first kappa shape index (κ1) is 25.9. The third-order valence-corrected chi connectivity index (χ3v) is 5.90. The number of nitrogens with one attached hydrogen (secondary N) is 2. The van der Waals surface area contributed by atoms with Gasteiger partial charge in [0.15, 0.2) is 5.69 Å². The summed E-state index contributed by atoms with van der Waals surface area (Å²) in [5, 5.41) is 28.6. The number of nitriles is 1. The molecule has 2 aromatic heterocycles. The number of anilines is 2. The van der Waals surface area contributed by atoms with Crippen LogP contribution in [0.25, 0.3) is 11.1 Å². The first-order valence-electron chi connectivity index (χ1n) is 11.7. The molecule has 0 aliphatic carbocycles. The lowest BCUT2D eigenvalue weighted by Gasteiger charge is -2.27. The molecule has 10 heteroatoms. The highest BCUT2D eigenvalue weighted by atomic mass is 16.6. The summed E-state index contributed by atoms with van der Waals surface area (Å²) in [5.74, 6) is -0.795. The maximum absolute atomic E-state index is 12.5. The van der Waals surface area contributed by atoms with Gasteiger partial charge in [-0.2, -0.15) is 5.26 Å². The Balaban J connectivity index is 1.51. The minimum absolute atomic E-state index is 0.0571. The van der Waals surface area contributed by atoms with Crippen molar-refractivity contribution in [3.8, 4) is 17.2 Å². The average Bonchev–Trinajstić information content (AvgIpc) is 3.32. The van der Waals surface area contributed by atoms with Gasteiger partial charge in [0, 0.05) is 18.2 Å². The number of pyridine rings is 1. The molecular weight excluding hydrogens is 486 g/mol. The zero-order valence-corrected chi connectivity index (χ0v) is 20.7. The summed E-state index contributed by atoms with van der Waals surface area (Å²) in [6.07, 6.45) is 0.356. The summed E-state index contributed by atoms with van der Waals surface area (Å²) in [7, 11) is 0. The minimum atomic E-state index is -1.32. The van der Waals surface area contributed by atoms with Gasteiger partial charge in [-0.15, -0.1) is 0 Å². The minimum Gasteiger partial charge on any atom is -0.480 e. The van der Waals surface area contributed by atoms with Crippen molar-refractivity contribution in [1.29, 1.82) is 5.26 Å². The smallest absolute Gasteiger partial charge is 0.414 e. The van der Waals surface area contributed by atoms with E-state index in [1.165, 1.54) is 6.20 Å². The van der Waals surface area contributed by atoms with Crippen LogP contribution in [0.15, 0.2) is 83.5 Å². The van der Waals surface area contributed by atoms with E-state index >= 15 is 0 Å². The third kappa shape index (κ3) is 5.96. The molecule has 192 valence electrons. The number of carbonyl (C=O) groups excluding carboxylic acids is 1. The predicted molar refractivity (Wildman–Crippen MR) is 139 cm³/mol. The molecular formula is C28H25N5O5. The third-order valence-electron chi connectivity index (χ3n) is 5.90. The summed E-state index contributed by atoms with van der Waals surface area (Å²) >= 11 is 0. The Hall–Kier alpha value is -5.17. The largest absolute Gasteiger partial charge is 0.480 e. The van der Waals surface area contributed by atoms with Crippen LogP contribution < -0.4 is 10.6 Å². The number of aromatic nitrogens is 2. The van der Waals surface area contributed by atoms with Crippen LogP contribution in [-0.4, -0.2) is 32.8 Å². The van der Waals surface area contributed by atoms with Gasteiger partial charge in [-0.3, -0.25) is 5.32 Å². The molecule has 0 radical (unpaired) electrons. The SMILES string of the molecule is CC(OC(=O)Nc1onc(C#N)c1-c1ccc(NC(C)(Cc2ccccc2)C(=O)O)nc1)c1ccccc1. The van der Waals surface area contributed by atoms with E-state index in [4.69, 9.17) is 9.26 Å². The molecule has 2 atom stereocenters. The number of aliphatic carboxylic acids is 1. The van der Waals surface area contributed by atoms with E-state index in [0.29, 0.717) is 11.4 Å². The molecule has 38 heavy (non-hydrogen) atoms. The summed E-state index contributed by atoms with van der Waals surface area (Å²) < 4.78 is 10.6. The van der Waals surface area contributed by atoms with Gasteiger partial charge < -0.3 is 19.7 Å². The van der Waals surface area contributed by atoms with Crippen LogP contribution in [0.3, 0.4) is 0 Å². The van der Waals surface area contributed by atoms with Crippen molar-refractivity contribution in [2.75, 3.05) is 10.6 Å². The molecule has 0 fully saturated rings. The van der Waals surface area contributed by atoms with Crippen molar-refractivity contribution in [2.45, 2.75) is 31.9 Å². The van der Waals surface area contributed by atoms with Gasteiger partial charge in [0.1, 0.15) is 23.5 Å². The molecule has 2 unspecified atom stereocenters. The van der Waals surface area contributed by atoms with Crippen LogP contribution in [0.2, 0.25) is 0 Å². The van der Waals surface area contributed by atoms with E-state index in [9.17, 15) is 20.0 Å². The van der Waals surface area contributed by atoms with Gasteiger partial charge in [-0.25, -0.2) is 14.6 Å². The standard InChI is InChI=1S/C28H25N5O5/c1-18(20-11-7-4-8-12-20)37-27(36)31-25-24(22(16-29)33-38-25)21-13-14-23(30-17-21)32-28(2,26(34)35)15-19-9-5-3-6-10-19/h3-14,17-18H,15H2,1-2H3,(H,30,32)(H,31,36)(H,34,35). The van der Waals surface area contributed by atoms with E-state index in [0.717, 1.165) is 11.1 Å². The van der Waals surface area contributed by atoms with Gasteiger partial charge in [-0.1, -0.05) is 65.8 Å². The molecule has 0 aliphatic rings. The number of carboxylic acid groups (broad SMARTS) is 1. The molecule has 2 aromatic carbocycles. The van der Waals surface area contributed by atoms with Crippen LogP contribution in [0.5, 0.6) is 0 Å². The van der Waals surface area contributed by atoms with Crippen molar-refractivity contribution in [3.63, 3.8) is 0 Å². The van der Waals surface area contributed by atoms with Crippen molar-refractivity contribution in [3.05, 3.63) is 95.8 Å². The molecule has 3 N–H and O–H groups in total. The van der Waals surface area contributed by atoms with Crippen LogP contribution in [-0.2, 0) is 16.0 Å². The van der Waals surface area contributed by atoms with Gasteiger partial charge in [0.25, 0.3) is 0 Å².